The molecule has 3 heterocycles. The average molecular weight is 443 g/mol. The van der Waals surface area contributed by atoms with Crippen molar-refractivity contribution < 1.29 is 17.9 Å². The van der Waals surface area contributed by atoms with Gasteiger partial charge in [0, 0.05) is 31.7 Å². The third kappa shape index (κ3) is 3.95. The summed E-state index contributed by atoms with van der Waals surface area (Å²) in [7, 11) is -2.61. The van der Waals surface area contributed by atoms with Crippen LogP contribution in [0.1, 0.15) is 42.4 Å². The lowest BCUT2D eigenvalue weighted by molar-refractivity contribution is 0.0596. The monoisotopic (exact) mass is 442 g/mol. The lowest BCUT2D eigenvalue weighted by Crippen LogP contribution is -2.30. The molecule has 8 nitrogen and oxygen atoms in total. The summed E-state index contributed by atoms with van der Waals surface area (Å²) in [5, 5.41) is 0. The van der Waals surface area contributed by atoms with Crippen molar-refractivity contribution in [2.45, 2.75) is 37.6 Å². The Bertz CT molecular complexity index is 1220. The molecule has 0 bridgehead atoms. The maximum absolute atomic E-state index is 13.4. The Morgan fingerprint density at radius 1 is 1.26 bits per heavy atom. The highest BCUT2D eigenvalue weighted by Crippen LogP contribution is 2.33. The maximum atomic E-state index is 13.4. The number of sulfonamides is 1. The second kappa shape index (κ2) is 8.39. The van der Waals surface area contributed by atoms with Crippen LogP contribution in [0.25, 0.3) is 11.0 Å². The zero-order valence-corrected chi connectivity index (χ0v) is 18.7. The molecule has 1 saturated heterocycles. The van der Waals surface area contributed by atoms with Crippen LogP contribution in [0, 0.1) is 5.92 Å². The summed E-state index contributed by atoms with van der Waals surface area (Å²) >= 11 is 0. The molecule has 1 fully saturated rings. The molecular weight excluding hydrogens is 416 g/mol. The second-order valence-corrected chi connectivity index (χ2v) is 10.1. The minimum absolute atomic E-state index is 0.0256. The zero-order chi connectivity index (χ0) is 22.2. The Balaban J connectivity index is 1.67. The quantitative estimate of drug-likeness (QED) is 0.545. The van der Waals surface area contributed by atoms with Crippen LogP contribution >= 0.6 is 0 Å². The SMILES string of the molecule is COC(=O)c1ccccc1S(=O)(=O)N1CCC(c2nc3ccncc3n2CC(C)C)C1. The van der Waals surface area contributed by atoms with E-state index in [1.807, 2.05) is 12.3 Å². The van der Waals surface area contributed by atoms with E-state index in [0.29, 0.717) is 25.4 Å². The summed E-state index contributed by atoms with van der Waals surface area (Å²) in [4.78, 5) is 21.1. The first-order valence-corrected chi connectivity index (χ1v) is 11.7. The number of fused-ring (bicyclic) bond motifs is 1. The molecule has 4 rings (SSSR count). The Hall–Kier alpha value is -2.78. The third-order valence-corrected chi connectivity index (χ3v) is 7.48. The van der Waals surface area contributed by atoms with Gasteiger partial charge in [-0.1, -0.05) is 26.0 Å². The van der Waals surface area contributed by atoms with Crippen molar-refractivity contribution in [1.29, 1.82) is 0 Å². The molecule has 31 heavy (non-hydrogen) atoms. The number of nitrogens with zero attached hydrogens (tertiary/aromatic N) is 4. The van der Waals surface area contributed by atoms with E-state index in [-0.39, 0.29) is 16.4 Å². The number of carbonyl (C=O) groups is 1. The van der Waals surface area contributed by atoms with E-state index in [1.165, 1.54) is 23.5 Å². The van der Waals surface area contributed by atoms with Crippen LogP contribution in [0.15, 0.2) is 47.6 Å². The van der Waals surface area contributed by atoms with Gasteiger partial charge in [0.05, 0.1) is 34.8 Å². The highest BCUT2D eigenvalue weighted by Gasteiger charge is 2.37. The van der Waals surface area contributed by atoms with E-state index in [0.717, 1.165) is 23.4 Å². The van der Waals surface area contributed by atoms with Crippen molar-refractivity contribution >= 4 is 27.0 Å². The minimum atomic E-state index is -3.85. The molecule has 1 atom stereocenters. The number of aromatic nitrogens is 3. The fourth-order valence-corrected chi connectivity index (χ4v) is 5.80. The predicted molar refractivity (Wildman–Crippen MR) is 116 cm³/mol. The molecular formula is C22H26N4O4S. The number of imidazole rings is 1. The second-order valence-electron chi connectivity index (χ2n) is 8.18. The van der Waals surface area contributed by atoms with E-state index < -0.39 is 16.0 Å². The number of hydrogen-bond donors (Lipinski definition) is 0. The van der Waals surface area contributed by atoms with Crippen LogP contribution in [0.5, 0.6) is 0 Å². The minimum Gasteiger partial charge on any atom is -0.465 e. The lowest BCUT2D eigenvalue weighted by atomic mass is 10.1. The number of carbonyl (C=O) groups excluding carboxylic acids is 1. The van der Waals surface area contributed by atoms with Crippen molar-refractivity contribution in [2.24, 2.45) is 5.92 Å². The molecule has 164 valence electrons. The van der Waals surface area contributed by atoms with Gasteiger partial charge in [-0.05, 0) is 30.5 Å². The number of pyridine rings is 1. The fraction of sp³-hybridized carbons (Fsp3) is 0.409. The first-order valence-electron chi connectivity index (χ1n) is 10.3. The topological polar surface area (TPSA) is 94.4 Å². The van der Waals surface area contributed by atoms with Crippen LogP contribution in [0.4, 0.5) is 0 Å². The molecule has 0 N–H and O–H groups in total. The lowest BCUT2D eigenvalue weighted by Gasteiger charge is -2.19. The van der Waals surface area contributed by atoms with Crippen molar-refractivity contribution in [3.63, 3.8) is 0 Å². The van der Waals surface area contributed by atoms with E-state index in [2.05, 4.69) is 23.4 Å². The number of benzene rings is 1. The van der Waals surface area contributed by atoms with Gasteiger partial charge in [0.25, 0.3) is 0 Å². The highest BCUT2D eigenvalue weighted by atomic mass is 32.2. The van der Waals surface area contributed by atoms with Gasteiger partial charge >= 0.3 is 5.97 Å². The first-order chi connectivity index (χ1) is 14.8. The molecule has 0 radical (unpaired) electrons. The summed E-state index contributed by atoms with van der Waals surface area (Å²) in [5.41, 5.74) is 1.87. The molecule has 2 aromatic heterocycles. The van der Waals surface area contributed by atoms with Crippen LogP contribution in [-0.2, 0) is 21.3 Å². The number of esters is 1. The van der Waals surface area contributed by atoms with Gasteiger partial charge in [-0.3, -0.25) is 4.98 Å². The molecule has 1 aliphatic rings. The number of hydrogen-bond acceptors (Lipinski definition) is 6. The van der Waals surface area contributed by atoms with E-state index in [9.17, 15) is 13.2 Å². The van der Waals surface area contributed by atoms with Gasteiger partial charge < -0.3 is 9.30 Å². The molecule has 9 heteroatoms. The van der Waals surface area contributed by atoms with Crippen LogP contribution in [-0.4, -0.2) is 53.4 Å². The van der Waals surface area contributed by atoms with Crippen molar-refractivity contribution in [3.8, 4) is 0 Å². The Morgan fingerprint density at radius 3 is 2.77 bits per heavy atom. The van der Waals surface area contributed by atoms with Crippen molar-refractivity contribution in [2.75, 3.05) is 20.2 Å². The molecule has 0 aliphatic carbocycles. The van der Waals surface area contributed by atoms with Gasteiger partial charge in [-0.25, -0.2) is 18.2 Å². The standard InChI is InChI=1S/C22H26N4O4S/c1-15(2)13-26-19-12-23-10-8-18(19)24-21(26)16-9-11-25(14-16)31(28,29)20-7-5-4-6-17(20)22(27)30-3/h4-8,10,12,15-16H,9,11,13-14H2,1-3H3. The summed E-state index contributed by atoms with van der Waals surface area (Å²) in [6.07, 6.45) is 4.19. The normalized spacial score (nSPS) is 17.5. The van der Waals surface area contributed by atoms with Crippen LogP contribution in [0.2, 0.25) is 0 Å². The third-order valence-electron chi connectivity index (χ3n) is 5.55. The molecule has 1 unspecified atom stereocenters. The van der Waals surface area contributed by atoms with Gasteiger partial charge in [-0.15, -0.1) is 0 Å². The smallest absolute Gasteiger partial charge is 0.339 e. The van der Waals surface area contributed by atoms with E-state index in [4.69, 9.17) is 9.72 Å². The zero-order valence-electron chi connectivity index (χ0n) is 17.9. The van der Waals surface area contributed by atoms with Crippen molar-refractivity contribution in [3.05, 3.63) is 54.1 Å². The van der Waals surface area contributed by atoms with Crippen LogP contribution < -0.4 is 0 Å². The highest BCUT2D eigenvalue weighted by molar-refractivity contribution is 7.89. The Labute approximate surface area is 181 Å². The molecule has 3 aromatic rings. The summed E-state index contributed by atoms with van der Waals surface area (Å²) in [6, 6.07) is 8.05. The Kier molecular flexibility index (Phi) is 5.81. The molecule has 1 aromatic carbocycles. The summed E-state index contributed by atoms with van der Waals surface area (Å²) < 4.78 is 35.1. The molecule has 1 aliphatic heterocycles. The molecule has 0 amide bonds. The summed E-state index contributed by atoms with van der Waals surface area (Å²) in [6.45, 7) is 5.74. The molecule has 0 spiro atoms. The average Bonchev–Trinajstić information content (AvgIpc) is 3.39. The van der Waals surface area contributed by atoms with Gasteiger partial charge in [0.2, 0.25) is 10.0 Å². The van der Waals surface area contributed by atoms with Crippen molar-refractivity contribution in [1.82, 2.24) is 18.8 Å². The number of methoxy groups -OCH3 is 1. The van der Waals surface area contributed by atoms with Gasteiger partial charge in [0.15, 0.2) is 0 Å². The van der Waals surface area contributed by atoms with Gasteiger partial charge in [0.1, 0.15) is 5.82 Å². The Morgan fingerprint density at radius 2 is 2.03 bits per heavy atom. The van der Waals surface area contributed by atoms with Gasteiger partial charge in [-0.2, -0.15) is 4.31 Å². The first kappa shape index (κ1) is 21.5. The maximum Gasteiger partial charge on any atom is 0.339 e. The van der Waals surface area contributed by atoms with E-state index >= 15 is 0 Å². The largest absolute Gasteiger partial charge is 0.465 e. The van der Waals surface area contributed by atoms with E-state index in [1.54, 1.807) is 18.3 Å². The number of rotatable bonds is 6. The molecule has 0 saturated carbocycles. The van der Waals surface area contributed by atoms with Crippen LogP contribution in [0.3, 0.4) is 0 Å². The summed E-state index contributed by atoms with van der Waals surface area (Å²) in [5.74, 6) is 0.590. The number of ether oxygens (including phenoxy) is 1. The predicted octanol–water partition coefficient (Wildman–Crippen LogP) is 3.05. The fourth-order valence-electron chi connectivity index (χ4n) is 4.12.